The molecule has 0 aromatic heterocycles. The van der Waals surface area contributed by atoms with Crippen molar-refractivity contribution in [3.05, 3.63) is 12.2 Å². The van der Waals surface area contributed by atoms with Crippen LogP contribution in [0, 0.1) is 5.92 Å². The van der Waals surface area contributed by atoms with Gasteiger partial charge in [0.1, 0.15) is 0 Å². The van der Waals surface area contributed by atoms with E-state index in [9.17, 15) is 4.79 Å². The molecule has 1 nitrogen and oxygen atoms in total. The molecule has 0 amide bonds. The molecule has 0 aromatic carbocycles. The average Bonchev–Trinajstić information content (AvgIpc) is 1.99. The van der Waals surface area contributed by atoms with Gasteiger partial charge in [-0.05, 0) is 12.0 Å². The molecule has 0 radical (unpaired) electrons. The van der Waals surface area contributed by atoms with Crippen molar-refractivity contribution >= 4 is 17.4 Å². The lowest BCUT2D eigenvalue weighted by Gasteiger charge is -1.97. The van der Waals surface area contributed by atoms with Gasteiger partial charge in [-0.2, -0.15) is 0 Å². The van der Waals surface area contributed by atoms with Crippen molar-refractivity contribution in [2.45, 2.75) is 20.3 Å². The van der Waals surface area contributed by atoms with Gasteiger partial charge in [-0.3, -0.25) is 4.79 Å². The summed E-state index contributed by atoms with van der Waals surface area (Å²) in [5, 5.41) is 0. The summed E-state index contributed by atoms with van der Waals surface area (Å²) in [6.07, 6.45) is 4.51. The van der Waals surface area contributed by atoms with E-state index in [0.29, 0.717) is 5.92 Å². The molecule has 0 spiro atoms. The first-order valence-electron chi connectivity index (χ1n) is 3.47. The molecular formula is C8H13ClO. The fourth-order valence-electron chi connectivity index (χ4n) is 0.452. The molecule has 0 aliphatic heterocycles. The van der Waals surface area contributed by atoms with Crippen molar-refractivity contribution in [2.75, 3.05) is 5.88 Å². The lowest BCUT2D eigenvalue weighted by atomic mass is 10.1. The van der Waals surface area contributed by atoms with Crippen LogP contribution in [0.3, 0.4) is 0 Å². The quantitative estimate of drug-likeness (QED) is 0.456. The zero-order chi connectivity index (χ0) is 7.98. The van der Waals surface area contributed by atoms with E-state index in [-0.39, 0.29) is 11.7 Å². The Hall–Kier alpha value is -0.300. The Bertz CT molecular complexity index is 129. The monoisotopic (exact) mass is 160 g/mol. The number of carbonyl (C=O) groups excluding carboxylic acids is 1. The van der Waals surface area contributed by atoms with Crippen molar-refractivity contribution in [1.82, 2.24) is 0 Å². The van der Waals surface area contributed by atoms with E-state index in [1.165, 1.54) is 0 Å². The number of hydrogen-bond donors (Lipinski definition) is 0. The maximum atomic E-state index is 10.6. The van der Waals surface area contributed by atoms with Crippen molar-refractivity contribution in [3.63, 3.8) is 0 Å². The Kier molecular flexibility index (Phi) is 5.32. The first kappa shape index (κ1) is 9.70. The molecule has 0 unspecified atom stereocenters. The number of alkyl halides is 1. The summed E-state index contributed by atoms with van der Waals surface area (Å²) in [7, 11) is 0. The smallest absolute Gasteiger partial charge is 0.170 e. The minimum Gasteiger partial charge on any atom is -0.294 e. The highest BCUT2D eigenvalue weighted by Gasteiger charge is 1.93. The Labute approximate surface area is 67.1 Å². The normalized spacial score (nSPS) is 13.9. The molecule has 0 saturated heterocycles. The largest absolute Gasteiger partial charge is 0.294 e. The Morgan fingerprint density at radius 3 is 2.70 bits per heavy atom. The molecule has 10 heavy (non-hydrogen) atoms. The van der Waals surface area contributed by atoms with Crippen LogP contribution in [0.5, 0.6) is 0 Å². The minimum absolute atomic E-state index is 0.0121. The van der Waals surface area contributed by atoms with E-state index in [4.69, 9.17) is 11.6 Å². The van der Waals surface area contributed by atoms with Crippen LogP contribution < -0.4 is 0 Å². The van der Waals surface area contributed by atoms with Gasteiger partial charge in [0.15, 0.2) is 5.78 Å². The zero-order valence-electron chi connectivity index (χ0n) is 6.43. The number of carbonyl (C=O) groups is 1. The van der Waals surface area contributed by atoms with E-state index in [1.54, 1.807) is 6.08 Å². The third-order valence-corrected chi connectivity index (χ3v) is 1.65. The van der Waals surface area contributed by atoms with E-state index in [2.05, 4.69) is 13.8 Å². The Morgan fingerprint density at radius 2 is 2.30 bits per heavy atom. The predicted octanol–water partition coefficient (Wildman–Crippen LogP) is 2.40. The van der Waals surface area contributed by atoms with Crippen LogP contribution >= 0.6 is 11.6 Å². The van der Waals surface area contributed by atoms with Crippen LogP contribution in [0.2, 0.25) is 0 Å². The standard InChI is InChI=1S/C8H13ClO/c1-3-7(2)4-5-8(10)6-9/h4-5,7H,3,6H2,1-2H3/b5-4+/t7-/m0/s1. The first-order valence-corrected chi connectivity index (χ1v) is 4.01. The van der Waals surface area contributed by atoms with Crippen molar-refractivity contribution in [3.8, 4) is 0 Å². The zero-order valence-corrected chi connectivity index (χ0v) is 7.19. The lowest BCUT2D eigenvalue weighted by Crippen LogP contribution is -1.94. The number of hydrogen-bond acceptors (Lipinski definition) is 1. The SMILES string of the molecule is CC[C@H](C)/C=C/C(=O)CCl. The van der Waals surface area contributed by atoms with Crippen LogP contribution in [-0.2, 0) is 4.79 Å². The molecule has 2 heteroatoms. The summed E-state index contributed by atoms with van der Waals surface area (Å²) in [5.74, 6) is 0.557. The van der Waals surface area contributed by atoms with Gasteiger partial charge < -0.3 is 0 Å². The molecule has 0 bridgehead atoms. The van der Waals surface area contributed by atoms with Gasteiger partial charge in [0.25, 0.3) is 0 Å². The summed E-state index contributed by atoms with van der Waals surface area (Å²) in [5.41, 5.74) is 0. The maximum Gasteiger partial charge on any atom is 0.170 e. The third kappa shape index (κ3) is 4.57. The number of allylic oxidation sites excluding steroid dienone is 2. The minimum atomic E-state index is -0.0121. The van der Waals surface area contributed by atoms with E-state index < -0.39 is 0 Å². The van der Waals surface area contributed by atoms with Gasteiger partial charge in [-0.25, -0.2) is 0 Å². The highest BCUT2D eigenvalue weighted by molar-refractivity contribution is 6.29. The summed E-state index contributed by atoms with van der Waals surface area (Å²) in [4.78, 5) is 10.6. The van der Waals surface area contributed by atoms with Gasteiger partial charge in [-0.15, -0.1) is 11.6 Å². The summed E-state index contributed by atoms with van der Waals surface area (Å²) in [6, 6.07) is 0. The predicted molar refractivity (Wildman–Crippen MR) is 44.3 cm³/mol. The molecular weight excluding hydrogens is 148 g/mol. The average molecular weight is 161 g/mol. The fourth-order valence-corrected chi connectivity index (χ4v) is 0.541. The lowest BCUT2D eigenvalue weighted by molar-refractivity contribution is -0.112. The topological polar surface area (TPSA) is 17.1 Å². The van der Waals surface area contributed by atoms with Gasteiger partial charge in [0.2, 0.25) is 0 Å². The van der Waals surface area contributed by atoms with Crippen LogP contribution in [0.4, 0.5) is 0 Å². The molecule has 0 rings (SSSR count). The van der Waals surface area contributed by atoms with Crippen molar-refractivity contribution < 1.29 is 4.79 Å². The van der Waals surface area contributed by atoms with Gasteiger partial charge in [0.05, 0.1) is 5.88 Å². The van der Waals surface area contributed by atoms with Crippen molar-refractivity contribution in [2.24, 2.45) is 5.92 Å². The second-order valence-electron chi connectivity index (χ2n) is 2.34. The second-order valence-corrected chi connectivity index (χ2v) is 2.61. The highest BCUT2D eigenvalue weighted by atomic mass is 35.5. The summed E-state index contributed by atoms with van der Waals surface area (Å²) >= 11 is 5.28. The van der Waals surface area contributed by atoms with Crippen LogP contribution in [0.25, 0.3) is 0 Å². The Balaban J connectivity index is 3.63. The molecule has 1 atom stereocenters. The highest BCUT2D eigenvalue weighted by Crippen LogP contribution is 2.01. The number of rotatable bonds is 4. The maximum absolute atomic E-state index is 10.6. The molecule has 0 heterocycles. The summed E-state index contributed by atoms with van der Waals surface area (Å²) < 4.78 is 0. The molecule has 0 aromatic rings. The fraction of sp³-hybridized carbons (Fsp3) is 0.625. The van der Waals surface area contributed by atoms with Gasteiger partial charge in [0, 0.05) is 0 Å². The van der Waals surface area contributed by atoms with Crippen LogP contribution in [0.15, 0.2) is 12.2 Å². The second kappa shape index (κ2) is 5.48. The van der Waals surface area contributed by atoms with E-state index in [0.717, 1.165) is 6.42 Å². The van der Waals surface area contributed by atoms with Crippen molar-refractivity contribution in [1.29, 1.82) is 0 Å². The van der Waals surface area contributed by atoms with E-state index in [1.807, 2.05) is 6.08 Å². The van der Waals surface area contributed by atoms with Gasteiger partial charge >= 0.3 is 0 Å². The first-order chi connectivity index (χ1) is 4.70. The molecule has 0 saturated carbocycles. The molecule has 58 valence electrons. The van der Waals surface area contributed by atoms with E-state index >= 15 is 0 Å². The third-order valence-electron chi connectivity index (χ3n) is 1.39. The molecule has 0 aliphatic rings. The molecule has 0 aliphatic carbocycles. The molecule has 0 fully saturated rings. The Morgan fingerprint density at radius 1 is 1.70 bits per heavy atom. The number of halogens is 1. The summed E-state index contributed by atoms with van der Waals surface area (Å²) in [6.45, 7) is 4.15. The van der Waals surface area contributed by atoms with Crippen LogP contribution in [0.1, 0.15) is 20.3 Å². The molecule has 0 N–H and O–H groups in total. The van der Waals surface area contributed by atoms with Gasteiger partial charge in [-0.1, -0.05) is 26.3 Å². The van der Waals surface area contributed by atoms with Crippen LogP contribution in [-0.4, -0.2) is 11.7 Å². The number of ketones is 1.